The van der Waals surface area contributed by atoms with Crippen LogP contribution in [0.15, 0.2) is 10.5 Å². The minimum absolute atomic E-state index is 0.163. The molecule has 0 spiro atoms. The zero-order valence-electron chi connectivity index (χ0n) is 12.4. The Kier molecular flexibility index (Phi) is 2.65. The summed E-state index contributed by atoms with van der Waals surface area (Å²) in [6.07, 6.45) is 0. The highest BCUT2D eigenvalue weighted by Crippen LogP contribution is 2.36. The van der Waals surface area contributed by atoms with Crippen molar-refractivity contribution < 1.29 is 14.6 Å². The minimum atomic E-state index is 0.163. The maximum Gasteiger partial charge on any atom is 0.176 e. The first-order chi connectivity index (χ1) is 9.34. The van der Waals surface area contributed by atoms with E-state index in [9.17, 15) is 10.2 Å². The van der Waals surface area contributed by atoms with Crippen molar-refractivity contribution in [1.82, 2.24) is 0 Å². The third-order valence-corrected chi connectivity index (χ3v) is 4.52. The molecule has 3 aromatic rings. The van der Waals surface area contributed by atoms with Crippen molar-refractivity contribution >= 4 is 75.2 Å². The van der Waals surface area contributed by atoms with Gasteiger partial charge in [-0.2, -0.15) is 0 Å². The Balaban J connectivity index is 2.71. The summed E-state index contributed by atoms with van der Waals surface area (Å²) >= 11 is 0. The lowest BCUT2D eigenvalue weighted by molar-refractivity contribution is 0.465. The van der Waals surface area contributed by atoms with Crippen LogP contribution in [0.5, 0.6) is 11.5 Å². The first-order valence-electron chi connectivity index (χ1n) is 6.68. The molecule has 0 atom stereocenters. The van der Waals surface area contributed by atoms with Crippen molar-refractivity contribution in [3.8, 4) is 11.5 Å². The summed E-state index contributed by atoms with van der Waals surface area (Å²) in [5.74, 6) is 0.364. The van der Waals surface area contributed by atoms with Crippen molar-refractivity contribution in [1.29, 1.82) is 0 Å². The third-order valence-electron chi connectivity index (χ3n) is 4.52. The molecule has 3 nitrogen and oxygen atoms in total. The van der Waals surface area contributed by atoms with Gasteiger partial charge in [-0.3, -0.25) is 0 Å². The number of phenols is 2. The van der Waals surface area contributed by atoms with Crippen LogP contribution in [0, 0.1) is 6.92 Å². The first kappa shape index (κ1) is 13.1. The average molecular weight is 262 g/mol. The van der Waals surface area contributed by atoms with Crippen LogP contribution in [0.2, 0.25) is 0 Å². The zero-order valence-corrected chi connectivity index (χ0v) is 12.4. The number of benzene rings is 2. The van der Waals surface area contributed by atoms with Gasteiger partial charge >= 0.3 is 0 Å². The first-order valence-corrected chi connectivity index (χ1v) is 6.68. The fraction of sp³-hybridized carbons (Fsp3) is 0.0769. The van der Waals surface area contributed by atoms with E-state index in [2.05, 4.69) is 0 Å². The van der Waals surface area contributed by atoms with Crippen molar-refractivity contribution in [2.75, 3.05) is 0 Å². The van der Waals surface area contributed by atoms with Crippen LogP contribution >= 0.6 is 0 Å². The second kappa shape index (κ2) is 4.05. The van der Waals surface area contributed by atoms with Gasteiger partial charge in [-0.15, -0.1) is 0 Å². The highest BCUT2D eigenvalue weighted by molar-refractivity contribution is 6.57. The van der Waals surface area contributed by atoms with Crippen LogP contribution in [-0.4, -0.2) is 41.6 Å². The molecule has 2 N–H and O–H groups in total. The molecule has 7 heteroatoms. The molecule has 0 saturated heterocycles. The highest BCUT2D eigenvalue weighted by atomic mass is 16.4. The van der Waals surface area contributed by atoms with Crippen molar-refractivity contribution in [2.24, 2.45) is 0 Å². The molecule has 96 valence electrons. The van der Waals surface area contributed by atoms with E-state index in [1.165, 1.54) is 0 Å². The molecule has 1 aromatic heterocycles. The van der Waals surface area contributed by atoms with Crippen molar-refractivity contribution in [2.45, 2.75) is 6.92 Å². The standard InChI is InChI=1S/C13H14B4O3/c1-3-8(15)10(17)7-6-5(18)2-4(14)9(16)12(6)20-13(7)11(3)19/h2,18-19H,14-17H2,1H3. The number of phenolic OH excluding ortho intramolecular Hbond substituents is 2. The fourth-order valence-corrected chi connectivity index (χ4v) is 2.85. The summed E-state index contributed by atoms with van der Waals surface area (Å²) in [4.78, 5) is 0. The van der Waals surface area contributed by atoms with Crippen LogP contribution in [0.25, 0.3) is 21.9 Å². The van der Waals surface area contributed by atoms with Gasteiger partial charge in [0.1, 0.15) is 42.7 Å². The molecule has 0 amide bonds. The molecule has 2 aromatic carbocycles. The zero-order chi connectivity index (χ0) is 14.8. The number of fused-ring (bicyclic) bond motifs is 3. The van der Waals surface area contributed by atoms with Crippen LogP contribution in [0.1, 0.15) is 5.56 Å². The fourth-order valence-electron chi connectivity index (χ4n) is 2.85. The van der Waals surface area contributed by atoms with Crippen molar-refractivity contribution in [3.63, 3.8) is 0 Å². The van der Waals surface area contributed by atoms with E-state index in [4.69, 9.17) is 4.42 Å². The smallest absolute Gasteiger partial charge is 0.176 e. The second-order valence-electron chi connectivity index (χ2n) is 5.57. The number of hydrogen-bond donors (Lipinski definition) is 2. The summed E-state index contributed by atoms with van der Waals surface area (Å²) < 4.78 is 5.88. The summed E-state index contributed by atoms with van der Waals surface area (Å²) in [6, 6.07) is 1.75. The Bertz CT molecular complexity index is 883. The summed E-state index contributed by atoms with van der Waals surface area (Å²) in [5.41, 5.74) is 5.96. The number of aromatic hydroxyl groups is 2. The molecular weight excluding hydrogens is 247 g/mol. The van der Waals surface area contributed by atoms with Crippen LogP contribution < -0.4 is 21.9 Å². The lowest BCUT2D eigenvalue weighted by atomic mass is 9.74. The Morgan fingerprint density at radius 2 is 1.55 bits per heavy atom. The van der Waals surface area contributed by atoms with Crippen LogP contribution in [-0.2, 0) is 0 Å². The van der Waals surface area contributed by atoms with Gasteiger partial charge in [0.2, 0.25) is 0 Å². The Hall–Kier alpha value is -1.90. The molecule has 0 bridgehead atoms. The van der Waals surface area contributed by atoms with Gasteiger partial charge in [0.05, 0.1) is 5.39 Å². The Morgan fingerprint density at radius 3 is 2.20 bits per heavy atom. The van der Waals surface area contributed by atoms with Crippen LogP contribution in [0.4, 0.5) is 0 Å². The Morgan fingerprint density at radius 1 is 0.900 bits per heavy atom. The lowest BCUT2D eigenvalue weighted by Crippen LogP contribution is -2.29. The quantitative estimate of drug-likeness (QED) is 0.410. The average Bonchev–Trinajstić information content (AvgIpc) is 2.81. The molecular formula is C13H14B4O3. The van der Waals surface area contributed by atoms with Gasteiger partial charge in [0.15, 0.2) is 11.3 Å². The molecule has 0 radical (unpaired) electrons. The SMILES string of the molecule is Bc1cc(O)c2c(oc3c(O)c(C)c(B)c(B)c32)c1B. The lowest BCUT2D eigenvalue weighted by Gasteiger charge is -2.09. The maximum absolute atomic E-state index is 10.3. The van der Waals surface area contributed by atoms with Gasteiger partial charge < -0.3 is 14.6 Å². The molecule has 0 unspecified atom stereocenters. The monoisotopic (exact) mass is 262 g/mol. The number of rotatable bonds is 0. The summed E-state index contributed by atoms with van der Waals surface area (Å²) in [5, 5.41) is 22.1. The molecule has 0 saturated carbocycles. The highest BCUT2D eigenvalue weighted by Gasteiger charge is 2.21. The van der Waals surface area contributed by atoms with E-state index in [0.29, 0.717) is 16.6 Å². The predicted octanol–water partition coefficient (Wildman–Crippen LogP) is -3.66. The van der Waals surface area contributed by atoms with Crippen molar-refractivity contribution in [3.05, 3.63) is 11.6 Å². The van der Waals surface area contributed by atoms with Gasteiger partial charge in [-0.25, -0.2) is 0 Å². The van der Waals surface area contributed by atoms with E-state index in [0.717, 1.165) is 32.8 Å². The molecule has 0 aliphatic rings. The number of furan rings is 1. The molecule has 20 heavy (non-hydrogen) atoms. The predicted molar refractivity (Wildman–Crippen MR) is 94.5 cm³/mol. The molecule has 0 aliphatic carbocycles. The van der Waals surface area contributed by atoms with E-state index < -0.39 is 0 Å². The normalized spacial score (nSPS) is 11.4. The Labute approximate surface area is 120 Å². The van der Waals surface area contributed by atoms with E-state index in [1.54, 1.807) is 6.07 Å². The largest absolute Gasteiger partial charge is 0.507 e. The molecule has 3 rings (SSSR count). The summed E-state index contributed by atoms with van der Waals surface area (Å²) in [6.45, 7) is 1.88. The summed E-state index contributed by atoms with van der Waals surface area (Å²) in [7, 11) is 7.87. The van der Waals surface area contributed by atoms with Gasteiger partial charge in [0, 0.05) is 5.39 Å². The molecule has 0 fully saturated rings. The van der Waals surface area contributed by atoms with E-state index >= 15 is 0 Å². The molecule has 1 heterocycles. The van der Waals surface area contributed by atoms with Gasteiger partial charge in [-0.05, 0) is 18.6 Å². The minimum Gasteiger partial charge on any atom is -0.507 e. The van der Waals surface area contributed by atoms with Gasteiger partial charge in [-0.1, -0.05) is 21.9 Å². The topological polar surface area (TPSA) is 53.6 Å². The van der Waals surface area contributed by atoms with E-state index in [-0.39, 0.29) is 11.5 Å². The van der Waals surface area contributed by atoms with E-state index in [1.807, 2.05) is 38.3 Å². The maximum atomic E-state index is 10.3. The van der Waals surface area contributed by atoms with Gasteiger partial charge in [0.25, 0.3) is 0 Å². The molecule has 0 aliphatic heterocycles. The second-order valence-corrected chi connectivity index (χ2v) is 5.57. The van der Waals surface area contributed by atoms with Crippen LogP contribution in [0.3, 0.4) is 0 Å². The third kappa shape index (κ3) is 1.46. The number of hydrogen-bond acceptors (Lipinski definition) is 3.